The van der Waals surface area contributed by atoms with E-state index < -0.39 is 35.0 Å². The molecule has 2 aromatic heterocycles. The molecule has 1 atom stereocenters. The van der Waals surface area contributed by atoms with Gasteiger partial charge in [-0.3, -0.25) is 9.59 Å². The van der Waals surface area contributed by atoms with E-state index in [1.807, 2.05) is 0 Å². The molecule has 4 N–H and O–H groups in total. The average Bonchev–Trinajstić information content (AvgIpc) is 3.23. The van der Waals surface area contributed by atoms with Crippen LogP contribution >= 0.6 is 22.9 Å². The highest BCUT2D eigenvalue weighted by molar-refractivity contribution is 7.16. The fourth-order valence-electron chi connectivity index (χ4n) is 3.38. The highest BCUT2D eigenvalue weighted by Gasteiger charge is 2.24. The number of carboxylic acid groups (broad SMARTS) is 1. The van der Waals surface area contributed by atoms with Crippen LogP contribution in [0.25, 0.3) is 16.6 Å². The fraction of sp³-hybridized carbons (Fsp3) is 0.0909. The van der Waals surface area contributed by atoms with Crippen molar-refractivity contribution in [1.82, 2.24) is 14.9 Å². The quantitative estimate of drug-likeness (QED) is 0.320. The van der Waals surface area contributed by atoms with Crippen LogP contribution in [0.5, 0.6) is 0 Å². The zero-order chi connectivity index (χ0) is 24.6. The third-order valence-electron chi connectivity index (χ3n) is 5.04. The average molecular weight is 503 g/mol. The first-order valence-electron chi connectivity index (χ1n) is 9.75. The number of hydrogen-bond acceptors (Lipinski definition) is 6. The number of carbonyl (C=O) groups excluding carboxylic acids is 1. The second-order valence-corrected chi connectivity index (χ2v) is 8.88. The number of nitrogens with zero attached hydrogens (tertiary/aromatic N) is 1. The van der Waals surface area contributed by atoms with E-state index >= 15 is 0 Å². The van der Waals surface area contributed by atoms with E-state index in [4.69, 9.17) is 11.6 Å². The van der Waals surface area contributed by atoms with Crippen molar-refractivity contribution in [3.8, 4) is 5.69 Å². The summed E-state index contributed by atoms with van der Waals surface area (Å²) in [6, 6.07) is 9.55. The topological polar surface area (TPSA) is 133 Å². The predicted octanol–water partition coefficient (Wildman–Crippen LogP) is 3.13. The summed E-state index contributed by atoms with van der Waals surface area (Å²) in [6.07, 6.45) is 0. The van der Waals surface area contributed by atoms with Crippen LogP contribution in [0.3, 0.4) is 0 Å². The molecule has 0 aliphatic heterocycles. The van der Waals surface area contributed by atoms with E-state index in [1.54, 1.807) is 0 Å². The monoisotopic (exact) mass is 502 g/mol. The molecule has 9 nitrogen and oxygen atoms in total. The third kappa shape index (κ3) is 4.30. The van der Waals surface area contributed by atoms with Gasteiger partial charge < -0.3 is 20.7 Å². The van der Waals surface area contributed by atoms with Crippen molar-refractivity contribution >= 4 is 51.4 Å². The van der Waals surface area contributed by atoms with Gasteiger partial charge in [-0.1, -0.05) is 11.6 Å². The summed E-state index contributed by atoms with van der Waals surface area (Å²) in [5, 5.41) is 14.6. The van der Waals surface area contributed by atoms with E-state index in [0.717, 1.165) is 22.0 Å². The summed E-state index contributed by atoms with van der Waals surface area (Å²) in [5.41, 5.74) is -1.04. The number of amides is 1. The molecule has 4 rings (SSSR count). The number of rotatable bonds is 6. The number of carboxylic acids is 1. The molecule has 0 saturated carbocycles. The largest absolute Gasteiger partial charge is 0.479 e. The molecule has 4 aromatic rings. The Labute approximate surface area is 199 Å². The number of hydrogen-bond donors (Lipinski definition) is 4. The van der Waals surface area contributed by atoms with E-state index in [2.05, 4.69) is 15.6 Å². The minimum Gasteiger partial charge on any atom is -0.479 e. The molecule has 0 radical (unpaired) electrons. The van der Waals surface area contributed by atoms with Crippen LogP contribution in [0.15, 0.2) is 58.1 Å². The Morgan fingerprint density at radius 1 is 1.15 bits per heavy atom. The van der Waals surface area contributed by atoms with E-state index in [1.165, 1.54) is 49.5 Å². The number of benzene rings is 2. The molecular weight excluding hydrogens is 487 g/mol. The van der Waals surface area contributed by atoms with Crippen molar-refractivity contribution in [3.05, 3.63) is 90.0 Å². The molecule has 0 fully saturated rings. The number of aromatic amines is 1. The highest BCUT2D eigenvalue weighted by atomic mass is 35.5. The Kier molecular flexibility index (Phi) is 6.22. The van der Waals surface area contributed by atoms with Gasteiger partial charge in [-0.2, -0.15) is 0 Å². The fourth-order valence-corrected chi connectivity index (χ4v) is 4.48. The normalized spacial score (nSPS) is 11.9. The molecule has 12 heteroatoms. The van der Waals surface area contributed by atoms with Crippen molar-refractivity contribution in [2.45, 2.75) is 6.04 Å². The van der Waals surface area contributed by atoms with Crippen LogP contribution in [0.1, 0.15) is 21.3 Å². The molecule has 174 valence electrons. The van der Waals surface area contributed by atoms with Gasteiger partial charge in [-0.25, -0.2) is 18.5 Å². The van der Waals surface area contributed by atoms with Gasteiger partial charge in [0, 0.05) is 23.6 Å². The van der Waals surface area contributed by atoms with Gasteiger partial charge in [-0.05, 0) is 42.5 Å². The number of nitrogens with one attached hydrogen (secondary N) is 3. The minimum absolute atomic E-state index is 0.0483. The van der Waals surface area contributed by atoms with E-state index in [9.17, 15) is 28.7 Å². The molecule has 0 bridgehead atoms. The van der Waals surface area contributed by atoms with Crippen molar-refractivity contribution in [3.63, 3.8) is 0 Å². The summed E-state index contributed by atoms with van der Waals surface area (Å²) in [5.74, 6) is -2.55. The minimum atomic E-state index is -1.29. The van der Waals surface area contributed by atoms with Crippen LogP contribution in [0, 0.1) is 5.82 Å². The van der Waals surface area contributed by atoms with Gasteiger partial charge in [0.25, 0.3) is 11.5 Å². The maximum absolute atomic E-state index is 14.0. The SMILES string of the molecule is CNc1cc2c(=O)n(-c3ccc(C(=O)NC(C(=O)O)c4ccc(Cl)s4)cc3)c(=O)[nH]c2cc1F. The lowest BCUT2D eigenvalue weighted by atomic mass is 10.1. The van der Waals surface area contributed by atoms with Crippen molar-refractivity contribution in [2.75, 3.05) is 12.4 Å². The second-order valence-electron chi connectivity index (χ2n) is 7.13. The molecular formula is C22H16ClFN4O5S. The van der Waals surface area contributed by atoms with Crippen molar-refractivity contribution in [2.24, 2.45) is 0 Å². The molecule has 2 heterocycles. The number of anilines is 1. The van der Waals surface area contributed by atoms with Gasteiger partial charge in [0.05, 0.1) is 26.6 Å². The van der Waals surface area contributed by atoms with Gasteiger partial charge in [-0.15, -0.1) is 11.3 Å². The Morgan fingerprint density at radius 2 is 1.85 bits per heavy atom. The van der Waals surface area contributed by atoms with Crippen molar-refractivity contribution < 1.29 is 19.1 Å². The van der Waals surface area contributed by atoms with E-state index in [0.29, 0.717) is 9.21 Å². The van der Waals surface area contributed by atoms with Gasteiger partial charge >= 0.3 is 11.7 Å². The lowest BCUT2D eigenvalue weighted by Crippen LogP contribution is -2.34. The lowest BCUT2D eigenvalue weighted by molar-refractivity contribution is -0.139. The van der Waals surface area contributed by atoms with Gasteiger partial charge in [0.1, 0.15) is 5.82 Å². The number of aromatic nitrogens is 2. The molecule has 0 aliphatic carbocycles. The second kappa shape index (κ2) is 9.12. The summed E-state index contributed by atoms with van der Waals surface area (Å²) >= 11 is 6.89. The van der Waals surface area contributed by atoms with E-state index in [-0.39, 0.29) is 27.8 Å². The summed E-state index contributed by atoms with van der Waals surface area (Å²) < 4.78 is 15.2. The summed E-state index contributed by atoms with van der Waals surface area (Å²) in [6.45, 7) is 0. The highest BCUT2D eigenvalue weighted by Crippen LogP contribution is 2.27. The maximum atomic E-state index is 14.0. The van der Waals surface area contributed by atoms with Gasteiger partial charge in [0.15, 0.2) is 6.04 Å². The zero-order valence-corrected chi connectivity index (χ0v) is 19.0. The molecule has 2 aromatic carbocycles. The van der Waals surface area contributed by atoms with Crippen LogP contribution in [0.4, 0.5) is 10.1 Å². The number of H-pyrrole nitrogens is 1. The first-order chi connectivity index (χ1) is 16.2. The van der Waals surface area contributed by atoms with Gasteiger partial charge in [0.2, 0.25) is 0 Å². The molecule has 0 aliphatic rings. The maximum Gasteiger partial charge on any atom is 0.333 e. The summed E-state index contributed by atoms with van der Waals surface area (Å²) in [7, 11) is 1.50. The number of halogens is 2. The van der Waals surface area contributed by atoms with Crippen molar-refractivity contribution in [1.29, 1.82) is 0 Å². The van der Waals surface area contributed by atoms with Crippen LogP contribution in [-0.2, 0) is 4.79 Å². The predicted molar refractivity (Wildman–Crippen MR) is 127 cm³/mol. The number of aliphatic carboxylic acids is 1. The smallest absolute Gasteiger partial charge is 0.333 e. The number of fused-ring (bicyclic) bond motifs is 1. The Bertz CT molecular complexity index is 1540. The Morgan fingerprint density at radius 3 is 2.44 bits per heavy atom. The third-order valence-corrected chi connectivity index (χ3v) is 6.34. The number of thiophene rings is 1. The molecule has 1 amide bonds. The molecule has 34 heavy (non-hydrogen) atoms. The zero-order valence-electron chi connectivity index (χ0n) is 17.4. The Hall–Kier alpha value is -3.96. The first kappa shape index (κ1) is 23.2. The summed E-state index contributed by atoms with van der Waals surface area (Å²) in [4.78, 5) is 52.6. The molecule has 1 unspecified atom stereocenters. The van der Waals surface area contributed by atoms with Crippen LogP contribution < -0.4 is 21.9 Å². The molecule has 0 saturated heterocycles. The first-order valence-corrected chi connectivity index (χ1v) is 10.9. The Balaban J connectivity index is 1.66. The van der Waals surface area contributed by atoms with Crippen LogP contribution in [0.2, 0.25) is 4.34 Å². The number of carbonyl (C=O) groups is 2. The standard InChI is InChI=1S/C22H16ClFN4O5S/c1-25-15-8-12-14(9-13(15)24)26-22(33)28(20(12)30)11-4-2-10(3-5-11)19(29)27-18(21(31)32)16-6-7-17(23)34-16/h2-9,18,25H,1H3,(H,26,33)(H,27,29)(H,31,32). The molecule has 0 spiro atoms. The van der Waals surface area contributed by atoms with Crippen LogP contribution in [-0.4, -0.2) is 33.6 Å². The lowest BCUT2D eigenvalue weighted by Gasteiger charge is -2.13.